The van der Waals surface area contributed by atoms with Gasteiger partial charge in [-0.25, -0.2) is 14.5 Å². The van der Waals surface area contributed by atoms with Crippen molar-refractivity contribution < 1.29 is 4.79 Å². The maximum Gasteiger partial charge on any atom is 0.272 e. The van der Waals surface area contributed by atoms with Gasteiger partial charge in [-0.3, -0.25) is 4.79 Å². The minimum absolute atomic E-state index is 0.153. The Morgan fingerprint density at radius 2 is 2.24 bits per heavy atom. The first-order valence-corrected chi connectivity index (χ1v) is 7.41. The maximum absolute atomic E-state index is 12.3. The zero-order valence-electron chi connectivity index (χ0n) is 12.0. The van der Waals surface area contributed by atoms with Gasteiger partial charge in [-0.1, -0.05) is 0 Å². The number of aromatic nitrogens is 4. The van der Waals surface area contributed by atoms with E-state index < -0.39 is 0 Å². The van der Waals surface area contributed by atoms with Crippen LogP contribution in [0.15, 0.2) is 24.5 Å². The number of rotatable bonds is 3. The van der Waals surface area contributed by atoms with Crippen LogP contribution in [0.5, 0.6) is 0 Å². The maximum atomic E-state index is 12.3. The number of nitrogens with zero attached hydrogens (tertiary/aromatic N) is 4. The van der Waals surface area contributed by atoms with Gasteiger partial charge < -0.3 is 5.32 Å². The Morgan fingerprint density at radius 1 is 1.43 bits per heavy atom. The molecule has 0 aliphatic rings. The summed E-state index contributed by atoms with van der Waals surface area (Å²) in [5.74, 6) is -0.224. The van der Waals surface area contributed by atoms with E-state index in [1.165, 1.54) is 0 Å². The lowest BCUT2D eigenvalue weighted by Gasteiger charge is -2.11. The number of carbonyl (C=O) groups excluding carboxylic acids is 1. The van der Waals surface area contributed by atoms with E-state index in [1.807, 2.05) is 20.8 Å². The number of fused-ring (bicyclic) bond motifs is 1. The van der Waals surface area contributed by atoms with Crippen molar-refractivity contribution in [1.82, 2.24) is 24.9 Å². The van der Waals surface area contributed by atoms with Crippen LogP contribution >= 0.6 is 11.3 Å². The van der Waals surface area contributed by atoms with Crippen molar-refractivity contribution in [2.24, 2.45) is 0 Å². The first-order chi connectivity index (χ1) is 10.0. The van der Waals surface area contributed by atoms with E-state index in [1.54, 1.807) is 40.4 Å². The van der Waals surface area contributed by atoms with Crippen molar-refractivity contribution in [1.29, 1.82) is 0 Å². The van der Waals surface area contributed by atoms with Crippen LogP contribution in [0.25, 0.3) is 5.65 Å². The summed E-state index contributed by atoms with van der Waals surface area (Å²) in [5, 5.41) is 8.14. The van der Waals surface area contributed by atoms with Crippen molar-refractivity contribution in [2.45, 2.75) is 26.8 Å². The Balaban J connectivity index is 1.81. The zero-order valence-corrected chi connectivity index (χ0v) is 12.8. The van der Waals surface area contributed by atoms with Gasteiger partial charge in [-0.2, -0.15) is 5.10 Å². The molecule has 6 nitrogen and oxygen atoms in total. The van der Waals surface area contributed by atoms with Gasteiger partial charge in [0.25, 0.3) is 5.91 Å². The van der Waals surface area contributed by atoms with Gasteiger partial charge in [0.05, 0.1) is 16.7 Å². The second kappa shape index (κ2) is 5.25. The average Bonchev–Trinajstić information content (AvgIpc) is 3.01. The summed E-state index contributed by atoms with van der Waals surface area (Å²) in [6.45, 7) is 5.90. The van der Waals surface area contributed by atoms with E-state index in [0.29, 0.717) is 11.3 Å². The van der Waals surface area contributed by atoms with E-state index in [0.717, 1.165) is 15.6 Å². The Kier molecular flexibility index (Phi) is 3.42. The normalized spacial score (nSPS) is 12.5. The molecule has 0 unspecified atom stereocenters. The molecule has 0 radical (unpaired) electrons. The van der Waals surface area contributed by atoms with Crippen LogP contribution in [0.2, 0.25) is 0 Å². The molecule has 0 bridgehead atoms. The lowest BCUT2D eigenvalue weighted by molar-refractivity contribution is 0.0933. The molecule has 3 heterocycles. The summed E-state index contributed by atoms with van der Waals surface area (Å²) < 4.78 is 1.58. The molecule has 1 N–H and O–H groups in total. The van der Waals surface area contributed by atoms with E-state index in [9.17, 15) is 4.79 Å². The predicted octanol–water partition coefficient (Wildman–Crippen LogP) is 2.29. The van der Waals surface area contributed by atoms with Crippen molar-refractivity contribution in [3.8, 4) is 0 Å². The quantitative estimate of drug-likeness (QED) is 0.805. The van der Waals surface area contributed by atoms with Crippen LogP contribution in [0.1, 0.15) is 39.0 Å². The molecule has 7 heteroatoms. The van der Waals surface area contributed by atoms with Gasteiger partial charge in [-0.05, 0) is 26.8 Å². The standard InChI is InChI=1S/C14H15N5OS/c1-8(13-9(2)21-10(3)17-13)16-14(20)11-7-12-15-5-4-6-19(12)18-11/h4-8H,1-3H3,(H,16,20)/t8-/m1/s1. The SMILES string of the molecule is Cc1nc([C@@H](C)NC(=O)c2cc3ncccn3n2)c(C)s1. The smallest absolute Gasteiger partial charge is 0.272 e. The van der Waals surface area contributed by atoms with Crippen LogP contribution in [0, 0.1) is 13.8 Å². The largest absolute Gasteiger partial charge is 0.343 e. The molecule has 0 spiro atoms. The number of aryl methyl sites for hydroxylation is 2. The van der Waals surface area contributed by atoms with Crippen molar-refractivity contribution in [2.75, 3.05) is 0 Å². The molecule has 3 rings (SSSR count). The van der Waals surface area contributed by atoms with Gasteiger partial charge in [0, 0.05) is 23.3 Å². The lowest BCUT2D eigenvalue weighted by Crippen LogP contribution is -2.27. The lowest BCUT2D eigenvalue weighted by atomic mass is 10.2. The van der Waals surface area contributed by atoms with E-state index in [4.69, 9.17) is 0 Å². The Labute approximate surface area is 125 Å². The van der Waals surface area contributed by atoms with Gasteiger partial charge in [-0.15, -0.1) is 11.3 Å². The average molecular weight is 301 g/mol. The van der Waals surface area contributed by atoms with E-state index in [2.05, 4.69) is 20.4 Å². The van der Waals surface area contributed by atoms with E-state index in [-0.39, 0.29) is 11.9 Å². The topological polar surface area (TPSA) is 72.2 Å². The first kappa shape index (κ1) is 13.7. The molecule has 1 amide bonds. The van der Waals surface area contributed by atoms with Gasteiger partial charge in [0.1, 0.15) is 0 Å². The molecular weight excluding hydrogens is 286 g/mol. The molecule has 0 saturated carbocycles. The summed E-state index contributed by atoms with van der Waals surface area (Å²) in [5.41, 5.74) is 1.91. The van der Waals surface area contributed by atoms with Crippen LogP contribution in [-0.2, 0) is 0 Å². The number of hydrogen-bond donors (Lipinski definition) is 1. The number of nitrogens with one attached hydrogen (secondary N) is 1. The monoisotopic (exact) mass is 301 g/mol. The molecule has 0 saturated heterocycles. The summed E-state index contributed by atoms with van der Waals surface area (Å²) >= 11 is 1.63. The number of thiazole rings is 1. The summed E-state index contributed by atoms with van der Waals surface area (Å²) in [4.78, 5) is 22.0. The molecule has 0 aliphatic heterocycles. The van der Waals surface area contributed by atoms with Gasteiger partial charge in [0.2, 0.25) is 0 Å². The molecule has 3 aromatic rings. The Morgan fingerprint density at radius 3 is 2.90 bits per heavy atom. The summed E-state index contributed by atoms with van der Waals surface area (Å²) in [6, 6.07) is 3.28. The fourth-order valence-electron chi connectivity index (χ4n) is 2.23. The highest BCUT2D eigenvalue weighted by atomic mass is 32.1. The molecule has 21 heavy (non-hydrogen) atoms. The number of amides is 1. The van der Waals surface area contributed by atoms with Gasteiger partial charge in [0.15, 0.2) is 11.3 Å². The highest BCUT2D eigenvalue weighted by Crippen LogP contribution is 2.22. The highest BCUT2D eigenvalue weighted by molar-refractivity contribution is 7.11. The molecular formula is C14H15N5OS. The van der Waals surface area contributed by atoms with Crippen molar-refractivity contribution in [3.63, 3.8) is 0 Å². The molecule has 3 aromatic heterocycles. The third-order valence-electron chi connectivity index (χ3n) is 3.17. The van der Waals surface area contributed by atoms with Crippen molar-refractivity contribution in [3.05, 3.63) is 45.8 Å². The fraction of sp³-hybridized carbons (Fsp3) is 0.286. The first-order valence-electron chi connectivity index (χ1n) is 6.60. The minimum Gasteiger partial charge on any atom is -0.343 e. The summed E-state index contributed by atoms with van der Waals surface area (Å²) in [7, 11) is 0. The fourth-order valence-corrected chi connectivity index (χ4v) is 3.14. The Bertz CT molecular complexity index is 774. The highest BCUT2D eigenvalue weighted by Gasteiger charge is 2.18. The molecule has 108 valence electrons. The minimum atomic E-state index is -0.224. The molecule has 1 atom stereocenters. The van der Waals surface area contributed by atoms with E-state index >= 15 is 0 Å². The molecule has 0 aliphatic carbocycles. The second-order valence-electron chi connectivity index (χ2n) is 4.82. The van der Waals surface area contributed by atoms with Crippen LogP contribution in [0.3, 0.4) is 0 Å². The van der Waals surface area contributed by atoms with Crippen molar-refractivity contribution >= 4 is 22.9 Å². The van der Waals surface area contributed by atoms with Gasteiger partial charge >= 0.3 is 0 Å². The predicted molar refractivity (Wildman–Crippen MR) is 80.5 cm³/mol. The van der Waals surface area contributed by atoms with Crippen LogP contribution in [-0.4, -0.2) is 25.5 Å². The summed E-state index contributed by atoms with van der Waals surface area (Å²) in [6.07, 6.45) is 3.43. The van der Waals surface area contributed by atoms with Crippen LogP contribution in [0.4, 0.5) is 0 Å². The van der Waals surface area contributed by atoms with Crippen LogP contribution < -0.4 is 5.32 Å². The third-order valence-corrected chi connectivity index (χ3v) is 4.07. The zero-order chi connectivity index (χ0) is 15.0. The molecule has 0 fully saturated rings. The second-order valence-corrected chi connectivity index (χ2v) is 6.23. The number of carbonyl (C=O) groups is 1. The molecule has 0 aromatic carbocycles. The Hall–Kier alpha value is -2.28. The number of hydrogen-bond acceptors (Lipinski definition) is 5. The third kappa shape index (κ3) is 2.64.